The normalized spacial score (nSPS) is 11.9. The number of aromatic nitrogens is 2. The van der Waals surface area contributed by atoms with Gasteiger partial charge in [-0.05, 0) is 30.7 Å². The Morgan fingerprint density at radius 2 is 1.96 bits per heavy atom. The maximum Gasteiger partial charge on any atom is 0.339 e. The van der Waals surface area contributed by atoms with Crippen molar-refractivity contribution < 1.29 is 14.3 Å². The highest BCUT2D eigenvalue weighted by molar-refractivity contribution is 7.22. The summed E-state index contributed by atoms with van der Waals surface area (Å²) in [4.78, 5) is 32.6. The lowest BCUT2D eigenvalue weighted by atomic mass is 10.2. The van der Waals surface area contributed by atoms with Gasteiger partial charge in [-0.3, -0.25) is 15.1 Å². The molecule has 6 nitrogen and oxygen atoms in total. The van der Waals surface area contributed by atoms with Crippen LogP contribution in [0.4, 0.5) is 5.13 Å². The molecule has 2 heterocycles. The lowest BCUT2D eigenvalue weighted by molar-refractivity contribution is -0.124. The van der Waals surface area contributed by atoms with E-state index >= 15 is 0 Å². The molecule has 1 N–H and O–H groups in total. The third-order valence-corrected chi connectivity index (χ3v) is 4.30. The molecule has 0 aliphatic carbocycles. The van der Waals surface area contributed by atoms with Crippen LogP contribution in [0.2, 0.25) is 0 Å². The molecular formula is C17H15N3O3S. The molecule has 1 atom stereocenters. The number of hydrogen-bond donors (Lipinski definition) is 1. The zero-order valence-corrected chi connectivity index (χ0v) is 13.7. The minimum absolute atomic E-state index is 0.358. The number of amides is 1. The predicted molar refractivity (Wildman–Crippen MR) is 92.0 cm³/mol. The molecule has 2 aromatic heterocycles. The highest BCUT2D eigenvalue weighted by atomic mass is 32.1. The molecule has 0 fully saturated rings. The van der Waals surface area contributed by atoms with Crippen molar-refractivity contribution >= 4 is 38.6 Å². The van der Waals surface area contributed by atoms with E-state index in [0.717, 1.165) is 10.2 Å². The summed E-state index contributed by atoms with van der Waals surface area (Å²) in [5, 5.41) is 3.20. The van der Waals surface area contributed by atoms with Crippen molar-refractivity contribution in [2.24, 2.45) is 0 Å². The van der Waals surface area contributed by atoms with Gasteiger partial charge in [-0.2, -0.15) is 0 Å². The smallest absolute Gasteiger partial charge is 0.339 e. The first-order chi connectivity index (χ1) is 11.7. The van der Waals surface area contributed by atoms with Gasteiger partial charge in [-0.25, -0.2) is 9.78 Å². The van der Waals surface area contributed by atoms with Gasteiger partial charge in [-0.15, -0.1) is 0 Å². The van der Waals surface area contributed by atoms with Crippen LogP contribution >= 0.6 is 11.3 Å². The minimum Gasteiger partial charge on any atom is -0.449 e. The van der Waals surface area contributed by atoms with E-state index in [9.17, 15) is 9.59 Å². The highest BCUT2D eigenvalue weighted by Crippen LogP contribution is 2.25. The molecule has 0 spiro atoms. The van der Waals surface area contributed by atoms with Crippen molar-refractivity contribution in [3.8, 4) is 0 Å². The Kier molecular flexibility index (Phi) is 4.81. The summed E-state index contributed by atoms with van der Waals surface area (Å²) in [6, 6.07) is 10.7. The van der Waals surface area contributed by atoms with Gasteiger partial charge in [-0.1, -0.05) is 30.4 Å². The minimum atomic E-state index is -0.877. The van der Waals surface area contributed by atoms with E-state index in [1.54, 1.807) is 19.1 Å². The zero-order valence-electron chi connectivity index (χ0n) is 12.9. The van der Waals surface area contributed by atoms with Crippen LogP contribution in [0.5, 0.6) is 0 Å². The Morgan fingerprint density at radius 3 is 2.67 bits per heavy atom. The van der Waals surface area contributed by atoms with Crippen LogP contribution in [-0.4, -0.2) is 27.9 Å². The SMILES string of the molecule is CCC(OC(=O)c1ccncc1)C(=O)Nc1nc2ccccc2s1. The number of nitrogens with zero attached hydrogens (tertiary/aromatic N) is 2. The summed E-state index contributed by atoms with van der Waals surface area (Å²) in [7, 11) is 0. The number of benzene rings is 1. The Morgan fingerprint density at radius 1 is 1.21 bits per heavy atom. The second kappa shape index (κ2) is 7.18. The van der Waals surface area contributed by atoms with Crippen molar-refractivity contribution in [2.45, 2.75) is 19.4 Å². The number of nitrogens with one attached hydrogen (secondary N) is 1. The molecule has 1 amide bonds. The van der Waals surface area contributed by atoms with Crippen molar-refractivity contribution in [2.75, 3.05) is 5.32 Å². The van der Waals surface area contributed by atoms with Gasteiger partial charge in [0.25, 0.3) is 5.91 Å². The summed E-state index contributed by atoms with van der Waals surface area (Å²) in [6.45, 7) is 1.78. The third kappa shape index (κ3) is 3.57. The van der Waals surface area contributed by atoms with Crippen LogP contribution in [0.3, 0.4) is 0 Å². The summed E-state index contributed by atoms with van der Waals surface area (Å²) in [5.41, 5.74) is 1.18. The topological polar surface area (TPSA) is 81.2 Å². The largest absolute Gasteiger partial charge is 0.449 e. The van der Waals surface area contributed by atoms with Crippen molar-refractivity contribution in [1.29, 1.82) is 0 Å². The third-order valence-electron chi connectivity index (χ3n) is 3.35. The molecule has 0 bridgehead atoms. The summed E-state index contributed by atoms with van der Waals surface area (Å²) in [5.74, 6) is -0.942. The average Bonchev–Trinajstić information content (AvgIpc) is 3.02. The second-order valence-corrected chi connectivity index (χ2v) is 6.04. The first-order valence-electron chi connectivity index (χ1n) is 7.45. The average molecular weight is 341 g/mol. The monoisotopic (exact) mass is 341 g/mol. The second-order valence-electron chi connectivity index (χ2n) is 5.01. The zero-order chi connectivity index (χ0) is 16.9. The number of anilines is 1. The van der Waals surface area contributed by atoms with E-state index in [4.69, 9.17) is 4.74 Å². The van der Waals surface area contributed by atoms with Crippen LogP contribution in [0.15, 0.2) is 48.8 Å². The Bertz CT molecular complexity index is 831. The van der Waals surface area contributed by atoms with Crippen molar-refractivity contribution in [1.82, 2.24) is 9.97 Å². The number of fused-ring (bicyclic) bond motifs is 1. The van der Waals surface area contributed by atoms with E-state index < -0.39 is 12.1 Å². The van der Waals surface area contributed by atoms with E-state index in [1.807, 2.05) is 24.3 Å². The number of esters is 1. The number of pyridine rings is 1. The number of carbonyl (C=O) groups is 2. The first-order valence-corrected chi connectivity index (χ1v) is 8.26. The standard InChI is InChI=1S/C17H15N3O3S/c1-2-13(23-16(22)11-7-9-18-10-8-11)15(21)20-17-19-12-5-3-4-6-14(12)24-17/h3-10,13H,2H2,1H3,(H,19,20,21). The number of carbonyl (C=O) groups excluding carboxylic acids is 2. The van der Waals surface area contributed by atoms with Crippen LogP contribution in [0.25, 0.3) is 10.2 Å². The molecule has 0 saturated heterocycles. The predicted octanol–water partition coefficient (Wildman–Crippen LogP) is 3.27. The fraction of sp³-hybridized carbons (Fsp3) is 0.176. The van der Waals surface area contributed by atoms with Gasteiger partial charge in [0.05, 0.1) is 15.8 Å². The molecule has 0 saturated carbocycles. The lowest BCUT2D eigenvalue weighted by Crippen LogP contribution is -2.32. The quantitative estimate of drug-likeness (QED) is 0.720. The number of para-hydroxylation sites is 1. The van der Waals surface area contributed by atoms with Gasteiger partial charge in [0, 0.05) is 12.4 Å². The molecule has 3 aromatic rings. The van der Waals surface area contributed by atoms with Gasteiger partial charge < -0.3 is 4.74 Å². The Balaban J connectivity index is 1.68. The molecule has 0 aliphatic rings. The molecule has 24 heavy (non-hydrogen) atoms. The Hall–Kier alpha value is -2.80. The van der Waals surface area contributed by atoms with Gasteiger partial charge in [0.1, 0.15) is 0 Å². The van der Waals surface area contributed by atoms with E-state index in [0.29, 0.717) is 17.1 Å². The van der Waals surface area contributed by atoms with Crippen LogP contribution < -0.4 is 5.32 Å². The molecule has 3 rings (SSSR count). The molecule has 7 heteroatoms. The Labute approximate surface area is 142 Å². The fourth-order valence-electron chi connectivity index (χ4n) is 2.12. The van der Waals surface area contributed by atoms with Crippen LogP contribution in [-0.2, 0) is 9.53 Å². The van der Waals surface area contributed by atoms with E-state index in [1.165, 1.54) is 23.7 Å². The molecule has 1 unspecified atom stereocenters. The molecule has 1 aromatic carbocycles. The first kappa shape index (κ1) is 16.1. The van der Waals surface area contributed by atoms with Gasteiger partial charge in [0.15, 0.2) is 11.2 Å². The number of ether oxygens (including phenoxy) is 1. The van der Waals surface area contributed by atoms with Crippen LogP contribution in [0.1, 0.15) is 23.7 Å². The highest BCUT2D eigenvalue weighted by Gasteiger charge is 2.23. The van der Waals surface area contributed by atoms with E-state index in [2.05, 4.69) is 15.3 Å². The van der Waals surface area contributed by atoms with Gasteiger partial charge >= 0.3 is 5.97 Å². The van der Waals surface area contributed by atoms with Crippen LogP contribution in [0, 0.1) is 0 Å². The van der Waals surface area contributed by atoms with E-state index in [-0.39, 0.29) is 5.91 Å². The number of thiazole rings is 1. The van der Waals surface area contributed by atoms with Gasteiger partial charge in [0.2, 0.25) is 0 Å². The number of hydrogen-bond acceptors (Lipinski definition) is 6. The molecule has 122 valence electrons. The number of rotatable bonds is 5. The molecule has 0 radical (unpaired) electrons. The fourth-order valence-corrected chi connectivity index (χ4v) is 2.99. The maximum atomic E-state index is 12.4. The summed E-state index contributed by atoms with van der Waals surface area (Å²) < 4.78 is 6.27. The van der Waals surface area contributed by atoms with Crippen molar-refractivity contribution in [3.05, 3.63) is 54.4 Å². The van der Waals surface area contributed by atoms with Crippen molar-refractivity contribution in [3.63, 3.8) is 0 Å². The maximum absolute atomic E-state index is 12.4. The lowest BCUT2D eigenvalue weighted by Gasteiger charge is -2.15. The molecule has 0 aliphatic heterocycles. The summed E-state index contributed by atoms with van der Waals surface area (Å²) in [6.07, 6.45) is 2.49. The summed E-state index contributed by atoms with van der Waals surface area (Å²) >= 11 is 1.38. The molecular weight excluding hydrogens is 326 g/mol.